The minimum absolute atomic E-state index is 0.0112. The predicted molar refractivity (Wildman–Crippen MR) is 258 cm³/mol. The van der Waals surface area contributed by atoms with Crippen LogP contribution in [0.25, 0.3) is 44.1 Å². The lowest BCUT2D eigenvalue weighted by Crippen LogP contribution is -2.59. The molecule has 0 bridgehead atoms. The topological polar surface area (TPSA) is 218 Å². The van der Waals surface area contributed by atoms with Crippen LogP contribution < -0.4 is 21.8 Å². The summed E-state index contributed by atoms with van der Waals surface area (Å²) in [5.74, 6) is 0.0638. The van der Waals surface area contributed by atoms with Crippen LogP contribution in [0.2, 0.25) is 0 Å². The van der Waals surface area contributed by atoms with Gasteiger partial charge in [0, 0.05) is 45.7 Å². The van der Waals surface area contributed by atoms with Crippen LogP contribution in [-0.2, 0) is 11.3 Å². The first-order chi connectivity index (χ1) is 37.2. The molecule has 2 saturated carbocycles. The first-order valence-corrected chi connectivity index (χ1v) is 23.7. The lowest BCUT2D eigenvalue weighted by Gasteiger charge is -2.31. The number of ether oxygens (including phenoxy) is 1. The van der Waals surface area contributed by atoms with E-state index in [9.17, 15) is 77.0 Å². The highest BCUT2D eigenvalue weighted by Crippen LogP contribution is 2.54. The molecule has 4 aromatic carbocycles. The summed E-state index contributed by atoms with van der Waals surface area (Å²) in [5.41, 5.74) is -5.38. The fourth-order valence-corrected chi connectivity index (χ4v) is 8.52. The van der Waals surface area contributed by atoms with Gasteiger partial charge >= 0.3 is 24.7 Å². The third kappa shape index (κ3) is 11.5. The van der Waals surface area contributed by atoms with Crippen LogP contribution in [0, 0.1) is 11.8 Å². The number of rotatable bonds is 11. The minimum Gasteiger partial charge on any atom is -0.372 e. The molecule has 2 aliphatic carbocycles. The van der Waals surface area contributed by atoms with Gasteiger partial charge in [0.1, 0.15) is 0 Å². The second-order valence-corrected chi connectivity index (χ2v) is 18.7. The summed E-state index contributed by atoms with van der Waals surface area (Å²) in [7, 11) is 0. The first kappa shape index (κ1) is 55.4. The van der Waals surface area contributed by atoms with E-state index < -0.39 is 55.0 Å². The van der Waals surface area contributed by atoms with Crippen LogP contribution in [0.15, 0.2) is 131 Å². The maximum atomic E-state index is 13.4. The highest BCUT2D eigenvalue weighted by atomic mass is 19.4. The largest absolute Gasteiger partial charge is 0.428 e. The average molecular weight is 1120 g/mol. The molecule has 3 fully saturated rings. The molecule has 414 valence electrons. The first-order valence-electron chi connectivity index (χ1n) is 23.7. The molecule has 1 aliphatic heterocycles. The van der Waals surface area contributed by atoms with Crippen molar-refractivity contribution in [2.24, 2.45) is 11.8 Å². The summed E-state index contributed by atoms with van der Waals surface area (Å²) in [6.45, 7) is -3.30. The van der Waals surface area contributed by atoms with Gasteiger partial charge in [-0.25, -0.2) is 9.78 Å². The number of amides is 2. The Morgan fingerprint density at radius 2 is 1.15 bits per heavy atom. The Morgan fingerprint density at radius 1 is 0.671 bits per heavy atom. The second-order valence-electron chi connectivity index (χ2n) is 18.7. The third-order valence-corrected chi connectivity index (χ3v) is 13.2. The van der Waals surface area contributed by atoms with Gasteiger partial charge in [-0.1, -0.05) is 60.7 Å². The highest BCUT2D eigenvalue weighted by Gasteiger charge is 2.81. The van der Waals surface area contributed by atoms with E-state index in [1.165, 1.54) is 44.0 Å². The Hall–Kier alpha value is -8.40. The number of aromatic nitrogens is 8. The van der Waals surface area contributed by atoms with Gasteiger partial charge in [0.15, 0.2) is 0 Å². The van der Waals surface area contributed by atoms with Gasteiger partial charge in [-0.05, 0) is 73.9 Å². The summed E-state index contributed by atoms with van der Waals surface area (Å²) in [4.78, 5) is 50.0. The Morgan fingerprint density at radius 3 is 1.61 bits per heavy atom. The van der Waals surface area contributed by atoms with E-state index in [1.807, 2.05) is 48.5 Å². The van der Waals surface area contributed by atoms with Crippen molar-refractivity contribution < 1.29 is 72.1 Å². The quantitative estimate of drug-likeness (QED) is 0.0610. The number of fused-ring (bicyclic) bond motifs is 2. The number of aromatic amines is 2. The molecule has 0 atom stereocenters. The van der Waals surface area contributed by atoms with E-state index in [0.29, 0.717) is 56.7 Å². The van der Waals surface area contributed by atoms with Crippen LogP contribution in [-0.4, -0.2) is 99.4 Å². The molecule has 0 radical (unpaired) electrons. The van der Waals surface area contributed by atoms with Crippen molar-refractivity contribution in [3.05, 3.63) is 154 Å². The molecule has 11 rings (SSSR count). The zero-order chi connectivity index (χ0) is 56.9. The van der Waals surface area contributed by atoms with Crippen LogP contribution in [0.3, 0.4) is 0 Å². The number of halogens is 12. The Bertz CT molecular complexity index is 3600. The highest BCUT2D eigenvalue weighted by molar-refractivity contribution is 6.05. The lowest BCUT2D eigenvalue weighted by molar-refractivity contribution is -0.372. The zero-order valence-electron chi connectivity index (χ0n) is 40.2. The number of benzene rings is 4. The molecule has 8 aromatic rings. The summed E-state index contributed by atoms with van der Waals surface area (Å²) in [5, 5.41) is 38.4. The van der Waals surface area contributed by atoms with Crippen LogP contribution in [0.5, 0.6) is 0 Å². The Kier molecular flexibility index (Phi) is 14.5. The molecule has 0 unspecified atom stereocenters. The fourth-order valence-electron chi connectivity index (χ4n) is 8.52. The monoisotopic (exact) mass is 1120 g/mol. The van der Waals surface area contributed by atoms with E-state index in [2.05, 4.69) is 40.9 Å². The number of anilines is 2. The molecular weight excluding hydrogens is 1080 g/mol. The second kappa shape index (κ2) is 20.8. The average Bonchev–Trinajstić information content (AvgIpc) is 4.56. The SMILES string of the molecule is FC(F)(F)C1(C(F)(F)F)CO1.O=C(Nc1ccc(-c2n[nH]c(=O)c3ccccc23)cc1)c1cnn(CC(O)(C(F)(F)F)C(F)(F)F)c1.O=C(Nc1ccc(-c2nn(C(C3CC3)C3CC3)c(=O)c3ccccc23)cc1)c1cn[nH]c1. The molecule has 0 spiro atoms. The molecule has 3 aliphatic rings. The smallest absolute Gasteiger partial charge is 0.372 e. The van der Waals surface area contributed by atoms with Crippen LogP contribution in [0.1, 0.15) is 52.4 Å². The number of epoxide rings is 1. The van der Waals surface area contributed by atoms with Gasteiger partial charge in [0.2, 0.25) is 0 Å². The van der Waals surface area contributed by atoms with Gasteiger partial charge in [-0.2, -0.15) is 73.1 Å². The molecular formula is C51H40F12N10O6. The maximum absolute atomic E-state index is 13.4. The Balaban J connectivity index is 0.000000161. The number of carbonyl (C=O) groups is 2. The summed E-state index contributed by atoms with van der Waals surface area (Å²) in [6, 6.07) is 28.5. The van der Waals surface area contributed by atoms with Crippen molar-refractivity contribution >= 4 is 44.7 Å². The standard InChI is InChI=1S/C25H23N5O2.C22H15F6N5O3.C4H2F6O/c31-24(18-13-26-27-14-18)28-19-11-9-15(10-12-19)22-20-3-1-2-4-21(20)25(32)30(29-22)23(16-5-6-16)17-7-8-17;23-21(24,25)20(36,22(26,27)28)11-33-10-13(9-29-33)18(34)30-14-7-5-12(6-8-14)17-15-3-1-2-4-16(15)19(35)32-31-17;5-3(6,7)2(1-11-2)4(8,9)10/h1-4,9-14,16-17,23H,5-8H2,(H,26,27)(H,28,31);1-10,36H,11H2,(H,30,34)(H,32,35);1H2. The normalized spacial score (nSPS) is 15.5. The minimum atomic E-state index is -6.02. The number of H-pyrrole nitrogens is 2. The number of aliphatic hydroxyl groups is 1. The van der Waals surface area contributed by atoms with Crippen LogP contribution >= 0.6 is 0 Å². The molecule has 5 heterocycles. The van der Waals surface area contributed by atoms with Crippen molar-refractivity contribution in [2.45, 2.75) is 74.2 Å². The van der Waals surface area contributed by atoms with E-state index in [4.69, 9.17) is 5.10 Å². The van der Waals surface area contributed by atoms with Crippen molar-refractivity contribution in [1.82, 2.24) is 40.0 Å². The molecule has 2 amide bonds. The van der Waals surface area contributed by atoms with Gasteiger partial charge in [-0.15, -0.1) is 0 Å². The number of carbonyl (C=O) groups excluding carboxylic acids is 2. The van der Waals surface area contributed by atoms with E-state index in [-0.39, 0.29) is 39.0 Å². The molecule has 16 nitrogen and oxygen atoms in total. The molecule has 28 heteroatoms. The predicted octanol–water partition coefficient (Wildman–Crippen LogP) is 10.2. The van der Waals surface area contributed by atoms with Gasteiger partial charge in [-0.3, -0.25) is 29.0 Å². The number of hydrogen-bond donors (Lipinski definition) is 5. The Labute approximate surface area is 435 Å². The maximum Gasteiger partial charge on any atom is 0.428 e. The van der Waals surface area contributed by atoms with Crippen LogP contribution in [0.4, 0.5) is 64.1 Å². The third-order valence-electron chi connectivity index (χ3n) is 13.2. The van der Waals surface area contributed by atoms with Crippen molar-refractivity contribution in [3.8, 4) is 22.5 Å². The zero-order valence-corrected chi connectivity index (χ0v) is 40.2. The number of hydrogen-bond acceptors (Lipinski definition) is 10. The molecule has 1 saturated heterocycles. The molecule has 4 aromatic heterocycles. The molecule has 5 N–H and O–H groups in total. The van der Waals surface area contributed by atoms with Gasteiger partial charge in [0.05, 0.1) is 64.9 Å². The number of alkyl halides is 12. The van der Waals surface area contributed by atoms with Crippen molar-refractivity contribution in [3.63, 3.8) is 0 Å². The lowest BCUT2D eigenvalue weighted by atomic mass is 10.0. The van der Waals surface area contributed by atoms with Gasteiger partial charge in [0.25, 0.3) is 34.1 Å². The number of nitrogens with one attached hydrogen (secondary N) is 4. The summed E-state index contributed by atoms with van der Waals surface area (Å²) < 4.78 is 152. The van der Waals surface area contributed by atoms with Gasteiger partial charge < -0.3 is 20.5 Å². The number of nitrogens with zero attached hydrogens (tertiary/aromatic N) is 6. The summed E-state index contributed by atoms with van der Waals surface area (Å²) in [6.07, 6.45) is -13.6. The molecule has 79 heavy (non-hydrogen) atoms. The summed E-state index contributed by atoms with van der Waals surface area (Å²) >= 11 is 0. The van der Waals surface area contributed by atoms with E-state index in [0.717, 1.165) is 22.8 Å². The van der Waals surface area contributed by atoms with E-state index in [1.54, 1.807) is 47.3 Å². The van der Waals surface area contributed by atoms with Crippen molar-refractivity contribution in [1.29, 1.82) is 0 Å². The van der Waals surface area contributed by atoms with Crippen molar-refractivity contribution in [2.75, 3.05) is 17.2 Å². The fraction of sp³-hybridized carbons (Fsp3) is 0.294. The van der Waals surface area contributed by atoms with E-state index >= 15 is 0 Å².